The summed E-state index contributed by atoms with van der Waals surface area (Å²) in [5.74, 6) is 2.51. The molecule has 10 aromatic rings. The Balaban J connectivity index is 0.936. The van der Waals surface area contributed by atoms with Crippen molar-refractivity contribution in [3.63, 3.8) is 0 Å². The molecule has 4 heterocycles. The molecule has 0 atom stereocenters. The Morgan fingerprint density at radius 1 is 0.259 bits per heavy atom. The number of nitrogens with zero attached hydrogens (tertiary/aromatic N) is 7. The summed E-state index contributed by atoms with van der Waals surface area (Å²) in [6, 6.07) is 57.3. The summed E-state index contributed by atoms with van der Waals surface area (Å²) in [6.45, 7) is 0. The molecule has 10 rings (SSSR count). The average molecular weight is 692 g/mol. The summed E-state index contributed by atoms with van der Waals surface area (Å²) < 4.78 is 0. The molecule has 0 radical (unpaired) electrons. The Morgan fingerprint density at radius 3 is 1.52 bits per heavy atom. The maximum absolute atomic E-state index is 5.04. The van der Waals surface area contributed by atoms with Crippen molar-refractivity contribution in [2.75, 3.05) is 0 Å². The zero-order valence-electron chi connectivity index (χ0n) is 28.9. The summed E-state index contributed by atoms with van der Waals surface area (Å²) in [6.07, 6.45) is 1.85. The molecule has 0 spiro atoms. The van der Waals surface area contributed by atoms with Gasteiger partial charge in [-0.3, -0.25) is 0 Å². The van der Waals surface area contributed by atoms with Crippen LogP contribution in [-0.4, -0.2) is 34.9 Å². The smallest absolute Gasteiger partial charge is 0.178 e. The molecule has 7 nitrogen and oxygen atoms in total. The van der Waals surface area contributed by atoms with Crippen LogP contribution in [0.4, 0.5) is 0 Å². The lowest BCUT2D eigenvalue weighted by molar-refractivity contribution is 1.07. The second kappa shape index (κ2) is 13.2. The van der Waals surface area contributed by atoms with Crippen LogP contribution in [-0.2, 0) is 0 Å². The maximum atomic E-state index is 5.04. The number of benzene rings is 6. The van der Waals surface area contributed by atoms with E-state index in [0.717, 1.165) is 77.5 Å². The van der Waals surface area contributed by atoms with Gasteiger partial charge in [0, 0.05) is 44.6 Å². The standard InChI is InChI=1S/C47H29N7/c1-3-9-32(10-4-1)44-52-45(33-11-5-2-6-12-33)54-46(53-44)34-18-15-30(16-19-34)40-25-23-37-27-35(22-24-41(37)49-40)36-20-17-31-21-26-42(50-43(31)28-36)47-48-29-38-13-7-8-14-39(38)51-47/h1-29H. The Morgan fingerprint density at radius 2 is 0.778 bits per heavy atom. The SMILES string of the molecule is c1ccc(-c2nc(-c3ccccc3)nc(-c3ccc(-c4ccc5cc(-c6ccc7ccc(-c8ncc9ccccc9n8)nc7c6)ccc5n4)cc3)n2)cc1. The molecule has 0 unspecified atom stereocenters. The van der Waals surface area contributed by atoms with Gasteiger partial charge in [0.25, 0.3) is 0 Å². The van der Waals surface area contributed by atoms with Gasteiger partial charge in [0.1, 0.15) is 5.69 Å². The molecule has 0 aliphatic carbocycles. The fraction of sp³-hybridized carbons (Fsp3) is 0. The van der Waals surface area contributed by atoms with Crippen molar-refractivity contribution in [3.8, 4) is 68.1 Å². The Kier molecular flexibility index (Phi) is 7.66. The van der Waals surface area contributed by atoms with Crippen LogP contribution < -0.4 is 0 Å². The molecule has 0 aliphatic rings. The topological polar surface area (TPSA) is 90.2 Å². The van der Waals surface area contributed by atoms with E-state index in [0.29, 0.717) is 23.3 Å². The Bertz CT molecular complexity index is 2930. The molecular formula is C47H29N7. The van der Waals surface area contributed by atoms with Gasteiger partial charge >= 0.3 is 0 Å². The molecule has 0 aliphatic heterocycles. The second-order valence-electron chi connectivity index (χ2n) is 13.1. The van der Waals surface area contributed by atoms with E-state index in [4.69, 9.17) is 29.9 Å². The summed E-state index contributed by atoms with van der Waals surface area (Å²) in [4.78, 5) is 33.9. The highest BCUT2D eigenvalue weighted by atomic mass is 15.0. The number of hydrogen-bond donors (Lipinski definition) is 0. The van der Waals surface area contributed by atoms with E-state index in [1.165, 1.54) is 0 Å². The molecule has 0 saturated heterocycles. The van der Waals surface area contributed by atoms with Crippen molar-refractivity contribution in [3.05, 3.63) is 176 Å². The lowest BCUT2D eigenvalue weighted by atomic mass is 10.0. The molecule has 0 saturated carbocycles. The van der Waals surface area contributed by atoms with Crippen molar-refractivity contribution in [1.82, 2.24) is 34.9 Å². The highest BCUT2D eigenvalue weighted by molar-refractivity contribution is 5.90. The molecule has 7 heteroatoms. The third-order valence-electron chi connectivity index (χ3n) is 9.57. The third kappa shape index (κ3) is 5.99. The quantitative estimate of drug-likeness (QED) is 0.171. The Labute approximate surface area is 310 Å². The fourth-order valence-electron chi connectivity index (χ4n) is 6.71. The van der Waals surface area contributed by atoms with Gasteiger partial charge in [-0.1, -0.05) is 133 Å². The van der Waals surface area contributed by atoms with E-state index in [1.54, 1.807) is 0 Å². The Hall–Kier alpha value is -7.51. The first-order chi connectivity index (χ1) is 26.7. The van der Waals surface area contributed by atoms with Gasteiger partial charge in [0.2, 0.25) is 0 Å². The van der Waals surface area contributed by atoms with Gasteiger partial charge in [0.05, 0.1) is 22.2 Å². The zero-order valence-corrected chi connectivity index (χ0v) is 28.9. The molecule has 0 N–H and O–H groups in total. The van der Waals surface area contributed by atoms with Gasteiger partial charge in [0.15, 0.2) is 23.3 Å². The predicted molar refractivity (Wildman–Crippen MR) is 216 cm³/mol. The molecule has 0 fully saturated rings. The summed E-state index contributed by atoms with van der Waals surface area (Å²) in [5, 5.41) is 3.13. The van der Waals surface area contributed by atoms with E-state index in [9.17, 15) is 0 Å². The van der Waals surface area contributed by atoms with E-state index in [1.807, 2.05) is 97.2 Å². The van der Waals surface area contributed by atoms with Crippen LogP contribution >= 0.6 is 0 Å². The van der Waals surface area contributed by atoms with Crippen LogP contribution in [0.25, 0.3) is 101 Å². The normalized spacial score (nSPS) is 11.3. The number of fused-ring (bicyclic) bond motifs is 3. The maximum Gasteiger partial charge on any atom is 0.178 e. The number of aromatic nitrogens is 7. The first kappa shape index (κ1) is 31.2. The highest BCUT2D eigenvalue weighted by Gasteiger charge is 2.13. The summed E-state index contributed by atoms with van der Waals surface area (Å²) in [5.41, 5.74) is 10.3. The van der Waals surface area contributed by atoms with Crippen LogP contribution in [0.2, 0.25) is 0 Å². The number of hydrogen-bond acceptors (Lipinski definition) is 7. The van der Waals surface area contributed by atoms with Crippen molar-refractivity contribution in [2.45, 2.75) is 0 Å². The van der Waals surface area contributed by atoms with Gasteiger partial charge < -0.3 is 0 Å². The number of rotatable bonds is 6. The minimum Gasteiger partial charge on any atom is -0.248 e. The molecule has 6 aromatic carbocycles. The molecule has 252 valence electrons. The highest BCUT2D eigenvalue weighted by Crippen LogP contribution is 2.31. The van der Waals surface area contributed by atoms with E-state index >= 15 is 0 Å². The minimum atomic E-state index is 0.614. The molecule has 54 heavy (non-hydrogen) atoms. The number of pyridine rings is 2. The van der Waals surface area contributed by atoms with Crippen molar-refractivity contribution < 1.29 is 0 Å². The van der Waals surface area contributed by atoms with Crippen LogP contribution in [0, 0.1) is 0 Å². The van der Waals surface area contributed by atoms with E-state index in [2.05, 4.69) is 83.8 Å². The monoisotopic (exact) mass is 691 g/mol. The summed E-state index contributed by atoms with van der Waals surface area (Å²) in [7, 11) is 0. The first-order valence-electron chi connectivity index (χ1n) is 17.7. The third-order valence-corrected chi connectivity index (χ3v) is 9.57. The lowest BCUT2D eigenvalue weighted by Crippen LogP contribution is -2.00. The van der Waals surface area contributed by atoms with Crippen molar-refractivity contribution in [2.24, 2.45) is 0 Å². The first-order valence-corrected chi connectivity index (χ1v) is 17.7. The van der Waals surface area contributed by atoms with Crippen molar-refractivity contribution >= 4 is 32.7 Å². The van der Waals surface area contributed by atoms with Gasteiger partial charge in [-0.15, -0.1) is 0 Å². The predicted octanol–water partition coefficient (Wildman–Crippen LogP) is 10.9. The minimum absolute atomic E-state index is 0.614. The molecule has 4 aromatic heterocycles. The lowest BCUT2D eigenvalue weighted by Gasteiger charge is -2.10. The van der Waals surface area contributed by atoms with Gasteiger partial charge in [-0.05, 0) is 47.5 Å². The summed E-state index contributed by atoms with van der Waals surface area (Å²) >= 11 is 0. The average Bonchev–Trinajstić information content (AvgIpc) is 3.26. The van der Waals surface area contributed by atoms with Gasteiger partial charge in [-0.25, -0.2) is 34.9 Å². The van der Waals surface area contributed by atoms with Crippen LogP contribution in [0.5, 0.6) is 0 Å². The largest absolute Gasteiger partial charge is 0.248 e. The molecule has 0 amide bonds. The van der Waals surface area contributed by atoms with Crippen molar-refractivity contribution in [1.29, 1.82) is 0 Å². The van der Waals surface area contributed by atoms with E-state index in [-0.39, 0.29) is 0 Å². The molecular weight excluding hydrogens is 663 g/mol. The zero-order chi connectivity index (χ0) is 35.8. The van der Waals surface area contributed by atoms with Crippen LogP contribution in [0.3, 0.4) is 0 Å². The fourth-order valence-corrected chi connectivity index (χ4v) is 6.71. The van der Waals surface area contributed by atoms with Gasteiger partial charge in [-0.2, -0.15) is 0 Å². The van der Waals surface area contributed by atoms with Crippen LogP contribution in [0.15, 0.2) is 176 Å². The second-order valence-corrected chi connectivity index (χ2v) is 13.1. The molecule has 0 bridgehead atoms. The van der Waals surface area contributed by atoms with Crippen LogP contribution in [0.1, 0.15) is 0 Å². The number of para-hydroxylation sites is 1. The van der Waals surface area contributed by atoms with E-state index < -0.39 is 0 Å².